The van der Waals surface area contributed by atoms with Crippen molar-refractivity contribution in [1.82, 2.24) is 19.7 Å². The van der Waals surface area contributed by atoms with Crippen molar-refractivity contribution in [1.29, 1.82) is 0 Å². The van der Waals surface area contributed by atoms with Gasteiger partial charge in [0, 0.05) is 23.1 Å². The van der Waals surface area contributed by atoms with Gasteiger partial charge in [-0.1, -0.05) is 28.9 Å². The molecule has 0 bridgehead atoms. The number of hydrogen-bond acceptors (Lipinski definition) is 8. The van der Waals surface area contributed by atoms with Gasteiger partial charge in [0.1, 0.15) is 17.8 Å². The number of anilines is 1. The number of carbonyl (C=O) groups is 2. The number of pyridine rings is 2. The van der Waals surface area contributed by atoms with Gasteiger partial charge < -0.3 is 19.1 Å². The number of esters is 1. The van der Waals surface area contributed by atoms with E-state index in [1.165, 1.54) is 13.3 Å². The van der Waals surface area contributed by atoms with Crippen LogP contribution < -0.4 is 10.7 Å². The predicted molar refractivity (Wildman–Crippen MR) is 141 cm³/mol. The first-order valence-electron chi connectivity index (χ1n) is 11.7. The van der Waals surface area contributed by atoms with Crippen molar-refractivity contribution >= 4 is 28.6 Å². The van der Waals surface area contributed by atoms with E-state index in [0.717, 1.165) is 11.1 Å². The Bertz CT molecular complexity index is 1740. The normalized spacial score (nSPS) is 10.9. The number of nitrogens with zero attached hydrogens (tertiary/aromatic N) is 4. The maximum Gasteiger partial charge on any atom is 0.337 e. The molecule has 10 heteroatoms. The van der Waals surface area contributed by atoms with Crippen LogP contribution in [0.1, 0.15) is 21.6 Å². The molecule has 1 N–H and O–H groups in total. The molecule has 0 spiro atoms. The van der Waals surface area contributed by atoms with Gasteiger partial charge in [-0.25, -0.2) is 9.78 Å². The average molecular weight is 510 g/mol. The van der Waals surface area contributed by atoms with Crippen LogP contribution >= 0.6 is 0 Å². The average Bonchev–Trinajstić information content (AvgIpc) is 3.40. The standard InChI is InChI=1S/C28H23N5O5/c1-16-5-4-6-19(13-16)25-31-27(38-32-25)22-14-33(26-21(24(22)35)12-7-17(2)29-26)15-23(34)30-20-10-8-18(9-11-20)28(36)37-3/h4-14H,15H2,1-3H3,(H,30,34). The van der Waals surface area contributed by atoms with Crippen molar-refractivity contribution in [3.8, 4) is 22.8 Å². The largest absolute Gasteiger partial charge is 0.465 e. The summed E-state index contributed by atoms with van der Waals surface area (Å²) in [6.45, 7) is 3.62. The van der Waals surface area contributed by atoms with Crippen molar-refractivity contribution < 1.29 is 18.8 Å². The first-order chi connectivity index (χ1) is 18.3. The molecule has 3 aromatic heterocycles. The molecule has 38 heavy (non-hydrogen) atoms. The number of carbonyl (C=O) groups excluding carboxylic acids is 2. The molecule has 0 aliphatic rings. The molecule has 0 aliphatic carbocycles. The quantitative estimate of drug-likeness (QED) is 0.338. The van der Waals surface area contributed by atoms with Crippen LogP contribution in [0.2, 0.25) is 0 Å². The van der Waals surface area contributed by atoms with E-state index in [2.05, 4.69) is 20.4 Å². The lowest BCUT2D eigenvalue weighted by Crippen LogP contribution is -2.22. The molecule has 190 valence electrons. The first-order valence-corrected chi connectivity index (χ1v) is 11.7. The molecule has 2 aromatic carbocycles. The van der Waals surface area contributed by atoms with Crippen molar-refractivity contribution in [3.63, 3.8) is 0 Å². The summed E-state index contributed by atoms with van der Waals surface area (Å²) in [6.07, 6.45) is 1.50. The summed E-state index contributed by atoms with van der Waals surface area (Å²) >= 11 is 0. The van der Waals surface area contributed by atoms with Crippen molar-refractivity contribution in [2.75, 3.05) is 12.4 Å². The Balaban J connectivity index is 1.49. The zero-order chi connectivity index (χ0) is 26.8. The number of nitrogens with one attached hydrogen (secondary N) is 1. The second kappa shape index (κ2) is 10.1. The number of methoxy groups -OCH3 is 1. The van der Waals surface area contributed by atoms with Gasteiger partial charge in [0.25, 0.3) is 5.89 Å². The Morgan fingerprint density at radius 1 is 1.03 bits per heavy atom. The topological polar surface area (TPSA) is 129 Å². The van der Waals surface area contributed by atoms with Gasteiger partial charge in [0.2, 0.25) is 17.2 Å². The summed E-state index contributed by atoms with van der Waals surface area (Å²) in [6, 6.07) is 17.3. The minimum Gasteiger partial charge on any atom is -0.465 e. The van der Waals surface area contributed by atoms with Crippen LogP contribution in [0.5, 0.6) is 0 Å². The van der Waals surface area contributed by atoms with Gasteiger partial charge in [0.05, 0.1) is 18.1 Å². The number of hydrogen-bond donors (Lipinski definition) is 1. The van der Waals surface area contributed by atoms with E-state index in [9.17, 15) is 14.4 Å². The van der Waals surface area contributed by atoms with Crippen LogP contribution in [0.15, 0.2) is 76.2 Å². The molecule has 0 atom stereocenters. The smallest absolute Gasteiger partial charge is 0.337 e. The van der Waals surface area contributed by atoms with Gasteiger partial charge in [-0.2, -0.15) is 4.98 Å². The zero-order valence-electron chi connectivity index (χ0n) is 20.9. The molecule has 5 aromatic rings. The lowest BCUT2D eigenvalue weighted by Gasteiger charge is -2.12. The fourth-order valence-electron chi connectivity index (χ4n) is 4.03. The molecule has 0 saturated carbocycles. The van der Waals surface area contributed by atoms with Crippen LogP contribution in [0.3, 0.4) is 0 Å². The molecular weight excluding hydrogens is 486 g/mol. The van der Waals surface area contributed by atoms with Gasteiger partial charge in [-0.15, -0.1) is 0 Å². The maximum atomic E-state index is 13.4. The number of aromatic nitrogens is 4. The lowest BCUT2D eigenvalue weighted by molar-refractivity contribution is -0.116. The fraction of sp³-hybridized carbons (Fsp3) is 0.143. The minimum atomic E-state index is -0.469. The van der Waals surface area contributed by atoms with Crippen LogP contribution in [0, 0.1) is 13.8 Å². The number of ether oxygens (including phenoxy) is 1. The Labute approximate surface area is 216 Å². The summed E-state index contributed by atoms with van der Waals surface area (Å²) in [5.74, 6) is -0.435. The van der Waals surface area contributed by atoms with Gasteiger partial charge in [0.15, 0.2) is 0 Å². The summed E-state index contributed by atoms with van der Waals surface area (Å²) in [7, 11) is 1.30. The van der Waals surface area contributed by atoms with Crippen molar-refractivity contribution in [2.24, 2.45) is 0 Å². The second-order valence-electron chi connectivity index (χ2n) is 8.73. The molecular formula is C28H23N5O5. The molecule has 0 radical (unpaired) electrons. The molecule has 1 amide bonds. The summed E-state index contributed by atoms with van der Waals surface area (Å²) in [5, 5.41) is 7.16. The summed E-state index contributed by atoms with van der Waals surface area (Å²) in [5.41, 5.74) is 3.53. The Morgan fingerprint density at radius 3 is 2.55 bits per heavy atom. The van der Waals surface area contributed by atoms with Gasteiger partial charge >= 0.3 is 5.97 Å². The lowest BCUT2D eigenvalue weighted by atomic mass is 10.1. The van der Waals surface area contributed by atoms with E-state index >= 15 is 0 Å². The third kappa shape index (κ3) is 4.92. The highest BCUT2D eigenvalue weighted by Gasteiger charge is 2.19. The van der Waals surface area contributed by atoms with Crippen molar-refractivity contribution in [3.05, 3.63) is 93.9 Å². The van der Waals surface area contributed by atoms with Crippen LogP contribution in [-0.2, 0) is 16.1 Å². The van der Waals surface area contributed by atoms with Crippen LogP contribution in [-0.4, -0.2) is 38.7 Å². The highest BCUT2D eigenvalue weighted by atomic mass is 16.5. The SMILES string of the molecule is COC(=O)c1ccc(NC(=O)Cn2cc(-c3nc(-c4cccc(C)c4)no3)c(=O)c3ccc(C)nc32)cc1. The van der Waals surface area contributed by atoms with Crippen LogP contribution in [0.4, 0.5) is 5.69 Å². The first kappa shape index (κ1) is 24.6. The molecule has 0 unspecified atom stereocenters. The summed E-state index contributed by atoms with van der Waals surface area (Å²) in [4.78, 5) is 46.9. The van der Waals surface area contributed by atoms with Gasteiger partial charge in [-0.05, 0) is 56.3 Å². The second-order valence-corrected chi connectivity index (χ2v) is 8.73. The highest BCUT2D eigenvalue weighted by Crippen LogP contribution is 2.23. The number of benzene rings is 2. The monoisotopic (exact) mass is 509 g/mol. The number of rotatable bonds is 6. The zero-order valence-corrected chi connectivity index (χ0v) is 20.9. The molecule has 10 nitrogen and oxygen atoms in total. The van der Waals surface area contributed by atoms with E-state index in [-0.39, 0.29) is 29.3 Å². The minimum absolute atomic E-state index is 0.0431. The Morgan fingerprint density at radius 2 is 1.82 bits per heavy atom. The highest BCUT2D eigenvalue weighted by molar-refractivity contribution is 5.93. The van der Waals surface area contributed by atoms with E-state index in [1.54, 1.807) is 47.9 Å². The third-order valence-electron chi connectivity index (χ3n) is 5.90. The molecule has 3 heterocycles. The number of amides is 1. The van der Waals surface area contributed by atoms with E-state index < -0.39 is 5.97 Å². The van der Waals surface area contributed by atoms with Gasteiger partial charge in [-0.3, -0.25) is 9.59 Å². The van der Waals surface area contributed by atoms with E-state index in [0.29, 0.717) is 33.8 Å². The Hall–Kier alpha value is -5.12. The number of aryl methyl sites for hydroxylation is 2. The third-order valence-corrected chi connectivity index (χ3v) is 5.90. The molecule has 0 saturated heterocycles. The van der Waals surface area contributed by atoms with Crippen LogP contribution in [0.25, 0.3) is 33.9 Å². The van der Waals surface area contributed by atoms with E-state index in [1.807, 2.05) is 31.2 Å². The number of fused-ring (bicyclic) bond motifs is 1. The molecule has 0 fully saturated rings. The summed E-state index contributed by atoms with van der Waals surface area (Å²) < 4.78 is 11.7. The fourth-order valence-corrected chi connectivity index (χ4v) is 4.03. The molecule has 0 aliphatic heterocycles. The Kier molecular flexibility index (Phi) is 6.53. The van der Waals surface area contributed by atoms with Crippen molar-refractivity contribution in [2.45, 2.75) is 20.4 Å². The van der Waals surface area contributed by atoms with E-state index in [4.69, 9.17) is 9.26 Å². The maximum absolute atomic E-state index is 13.4. The molecule has 5 rings (SSSR count). The predicted octanol–water partition coefficient (Wildman–Crippen LogP) is 4.16.